The van der Waals surface area contributed by atoms with Gasteiger partial charge >= 0.3 is 0 Å². The van der Waals surface area contributed by atoms with Gasteiger partial charge in [-0.25, -0.2) is 0 Å². The molecule has 19 heavy (non-hydrogen) atoms. The van der Waals surface area contributed by atoms with Crippen LogP contribution in [0.2, 0.25) is 0 Å². The van der Waals surface area contributed by atoms with Crippen LogP contribution < -0.4 is 11.1 Å². The molecule has 0 aliphatic rings. The van der Waals surface area contributed by atoms with Crippen molar-refractivity contribution < 1.29 is 4.79 Å². The number of nitrogen functional groups attached to an aromatic ring is 1. The van der Waals surface area contributed by atoms with E-state index in [1.165, 1.54) is 0 Å². The van der Waals surface area contributed by atoms with Crippen LogP contribution in [0.3, 0.4) is 0 Å². The third kappa shape index (κ3) is 3.19. The van der Waals surface area contributed by atoms with Crippen molar-refractivity contribution >= 4 is 17.3 Å². The summed E-state index contributed by atoms with van der Waals surface area (Å²) >= 11 is 0. The van der Waals surface area contributed by atoms with Gasteiger partial charge in [0.25, 0.3) is 5.91 Å². The number of anilines is 1. The SMILES string of the molecule is C=C(NC(=O)c1cccc(N)c1)c1ccc(C)cn1. The zero-order valence-electron chi connectivity index (χ0n) is 10.7. The molecule has 1 heterocycles. The number of hydrogen-bond donors (Lipinski definition) is 2. The van der Waals surface area contributed by atoms with Gasteiger partial charge in [-0.3, -0.25) is 9.78 Å². The van der Waals surface area contributed by atoms with E-state index < -0.39 is 0 Å². The fraction of sp³-hybridized carbons (Fsp3) is 0.0667. The summed E-state index contributed by atoms with van der Waals surface area (Å²) in [6.07, 6.45) is 1.73. The Kier molecular flexibility index (Phi) is 3.61. The summed E-state index contributed by atoms with van der Waals surface area (Å²) in [6, 6.07) is 10.5. The lowest BCUT2D eigenvalue weighted by atomic mass is 10.2. The Morgan fingerprint density at radius 2 is 2.11 bits per heavy atom. The number of hydrogen-bond acceptors (Lipinski definition) is 3. The van der Waals surface area contributed by atoms with E-state index in [0.717, 1.165) is 5.56 Å². The van der Waals surface area contributed by atoms with Crippen molar-refractivity contribution in [3.63, 3.8) is 0 Å². The van der Waals surface area contributed by atoms with Gasteiger partial charge in [-0.05, 0) is 36.8 Å². The molecule has 0 fully saturated rings. The smallest absolute Gasteiger partial charge is 0.255 e. The van der Waals surface area contributed by atoms with Crippen molar-refractivity contribution in [1.82, 2.24) is 10.3 Å². The molecule has 1 amide bonds. The number of carbonyl (C=O) groups excluding carboxylic acids is 1. The number of aromatic nitrogens is 1. The fourth-order valence-corrected chi connectivity index (χ4v) is 1.60. The third-order valence-electron chi connectivity index (χ3n) is 2.63. The molecule has 4 nitrogen and oxygen atoms in total. The van der Waals surface area contributed by atoms with E-state index >= 15 is 0 Å². The summed E-state index contributed by atoms with van der Waals surface area (Å²) in [6.45, 7) is 5.77. The van der Waals surface area contributed by atoms with Crippen LogP contribution in [0.1, 0.15) is 21.6 Å². The van der Waals surface area contributed by atoms with Crippen molar-refractivity contribution in [2.24, 2.45) is 0 Å². The van der Waals surface area contributed by atoms with Crippen molar-refractivity contribution in [3.8, 4) is 0 Å². The maximum atomic E-state index is 12.0. The molecular weight excluding hydrogens is 238 g/mol. The van der Waals surface area contributed by atoms with Gasteiger partial charge in [0.1, 0.15) is 0 Å². The molecule has 0 bridgehead atoms. The Morgan fingerprint density at radius 3 is 2.74 bits per heavy atom. The standard InChI is InChI=1S/C15H15N3O/c1-10-6-7-14(17-9-10)11(2)18-15(19)12-4-3-5-13(16)8-12/h3-9H,2,16H2,1H3,(H,18,19). The highest BCUT2D eigenvalue weighted by molar-refractivity contribution is 5.99. The van der Waals surface area contributed by atoms with Crippen LogP contribution in [0.4, 0.5) is 5.69 Å². The number of nitrogens with zero attached hydrogens (tertiary/aromatic N) is 1. The van der Waals surface area contributed by atoms with Crippen molar-refractivity contribution in [2.75, 3.05) is 5.73 Å². The largest absolute Gasteiger partial charge is 0.399 e. The van der Waals surface area contributed by atoms with E-state index in [1.807, 2.05) is 19.1 Å². The van der Waals surface area contributed by atoms with Gasteiger partial charge in [-0.2, -0.15) is 0 Å². The van der Waals surface area contributed by atoms with E-state index in [0.29, 0.717) is 22.6 Å². The monoisotopic (exact) mass is 253 g/mol. The molecule has 2 rings (SSSR count). The first-order chi connectivity index (χ1) is 9.06. The number of rotatable bonds is 3. The molecule has 0 spiro atoms. The van der Waals surface area contributed by atoms with Crippen LogP contribution in [0, 0.1) is 6.92 Å². The van der Waals surface area contributed by atoms with Crippen molar-refractivity contribution in [3.05, 3.63) is 66.0 Å². The number of nitrogens with one attached hydrogen (secondary N) is 1. The van der Waals surface area contributed by atoms with Crippen LogP contribution in [0.25, 0.3) is 5.70 Å². The average molecular weight is 253 g/mol. The van der Waals surface area contributed by atoms with Crippen molar-refractivity contribution in [2.45, 2.75) is 6.92 Å². The number of amides is 1. The first-order valence-corrected chi connectivity index (χ1v) is 5.85. The second-order valence-corrected chi connectivity index (χ2v) is 4.28. The molecule has 0 saturated carbocycles. The van der Waals surface area contributed by atoms with Gasteiger partial charge in [-0.1, -0.05) is 18.7 Å². The van der Waals surface area contributed by atoms with E-state index in [-0.39, 0.29) is 5.91 Å². The second-order valence-electron chi connectivity index (χ2n) is 4.28. The third-order valence-corrected chi connectivity index (χ3v) is 2.63. The molecule has 3 N–H and O–H groups in total. The Balaban J connectivity index is 2.11. The van der Waals surface area contributed by atoms with Gasteiger partial charge in [0.05, 0.1) is 11.4 Å². The van der Waals surface area contributed by atoms with E-state index in [1.54, 1.807) is 30.5 Å². The summed E-state index contributed by atoms with van der Waals surface area (Å²) in [7, 11) is 0. The topological polar surface area (TPSA) is 68.0 Å². The number of carbonyl (C=O) groups is 1. The second kappa shape index (κ2) is 5.35. The lowest BCUT2D eigenvalue weighted by Crippen LogP contribution is -2.21. The first-order valence-electron chi connectivity index (χ1n) is 5.85. The predicted octanol–water partition coefficient (Wildman–Crippen LogP) is 2.37. The van der Waals surface area contributed by atoms with Gasteiger partial charge in [0, 0.05) is 17.4 Å². The Hall–Kier alpha value is -2.62. The highest BCUT2D eigenvalue weighted by Crippen LogP contribution is 2.10. The van der Waals surface area contributed by atoms with E-state index in [4.69, 9.17) is 5.73 Å². The zero-order chi connectivity index (χ0) is 13.8. The number of pyridine rings is 1. The van der Waals surface area contributed by atoms with Gasteiger partial charge in [-0.15, -0.1) is 0 Å². The number of aryl methyl sites for hydroxylation is 1. The van der Waals surface area contributed by atoms with Crippen LogP contribution in [-0.2, 0) is 0 Å². The zero-order valence-corrected chi connectivity index (χ0v) is 10.7. The molecular formula is C15H15N3O. The molecule has 4 heteroatoms. The minimum Gasteiger partial charge on any atom is -0.399 e. The predicted molar refractivity (Wildman–Crippen MR) is 76.3 cm³/mol. The minimum absolute atomic E-state index is 0.250. The van der Waals surface area contributed by atoms with Gasteiger partial charge < -0.3 is 11.1 Å². The molecule has 0 aliphatic carbocycles. The van der Waals surface area contributed by atoms with Crippen molar-refractivity contribution in [1.29, 1.82) is 0 Å². The molecule has 0 radical (unpaired) electrons. The van der Waals surface area contributed by atoms with E-state index in [2.05, 4.69) is 16.9 Å². The lowest BCUT2D eigenvalue weighted by molar-refractivity contribution is 0.0974. The molecule has 2 aromatic rings. The Morgan fingerprint density at radius 1 is 1.32 bits per heavy atom. The highest BCUT2D eigenvalue weighted by Gasteiger charge is 2.08. The van der Waals surface area contributed by atoms with Crippen LogP contribution in [-0.4, -0.2) is 10.9 Å². The van der Waals surface area contributed by atoms with Crippen LogP contribution in [0.5, 0.6) is 0 Å². The highest BCUT2D eigenvalue weighted by atomic mass is 16.1. The molecule has 0 atom stereocenters. The lowest BCUT2D eigenvalue weighted by Gasteiger charge is -2.08. The minimum atomic E-state index is -0.250. The maximum absolute atomic E-state index is 12.0. The normalized spacial score (nSPS) is 9.95. The van der Waals surface area contributed by atoms with Gasteiger partial charge in [0.2, 0.25) is 0 Å². The summed E-state index contributed by atoms with van der Waals surface area (Å²) in [5.41, 5.74) is 8.84. The summed E-state index contributed by atoms with van der Waals surface area (Å²) in [5.74, 6) is -0.250. The quantitative estimate of drug-likeness (QED) is 0.825. The molecule has 1 aromatic carbocycles. The maximum Gasteiger partial charge on any atom is 0.255 e. The fourth-order valence-electron chi connectivity index (χ4n) is 1.60. The Bertz CT molecular complexity index is 618. The van der Waals surface area contributed by atoms with Crippen LogP contribution in [0.15, 0.2) is 49.2 Å². The molecule has 0 saturated heterocycles. The Labute approximate surface area is 112 Å². The van der Waals surface area contributed by atoms with Crippen LogP contribution >= 0.6 is 0 Å². The molecule has 0 aliphatic heterocycles. The molecule has 0 unspecified atom stereocenters. The summed E-state index contributed by atoms with van der Waals surface area (Å²) in [4.78, 5) is 16.2. The van der Waals surface area contributed by atoms with Gasteiger partial charge in [0.15, 0.2) is 0 Å². The number of nitrogens with two attached hydrogens (primary N) is 1. The summed E-state index contributed by atoms with van der Waals surface area (Å²) < 4.78 is 0. The average Bonchev–Trinajstić information content (AvgIpc) is 2.39. The first kappa shape index (κ1) is 12.8. The molecule has 1 aromatic heterocycles. The number of benzene rings is 1. The molecule has 96 valence electrons. The van der Waals surface area contributed by atoms with E-state index in [9.17, 15) is 4.79 Å². The summed E-state index contributed by atoms with van der Waals surface area (Å²) in [5, 5.41) is 2.71.